The first-order chi connectivity index (χ1) is 12.4. The quantitative estimate of drug-likeness (QED) is 0.440. The Hall–Kier alpha value is -2.54. The van der Waals surface area contributed by atoms with Gasteiger partial charge in [-0.2, -0.15) is 0 Å². The van der Waals surface area contributed by atoms with Crippen LogP contribution in [-0.4, -0.2) is 40.8 Å². The van der Waals surface area contributed by atoms with E-state index in [0.717, 1.165) is 11.3 Å². The minimum Gasteiger partial charge on any atom is -0.492 e. The lowest BCUT2D eigenvalue weighted by Crippen LogP contribution is -2.38. The molecule has 7 heteroatoms. The maximum absolute atomic E-state index is 11.5. The maximum atomic E-state index is 11.5. The van der Waals surface area contributed by atoms with Crippen LogP contribution in [0.4, 0.5) is 0 Å². The van der Waals surface area contributed by atoms with Crippen LogP contribution in [0.15, 0.2) is 58.4 Å². The molecule has 2 rings (SSSR count). The summed E-state index contributed by atoms with van der Waals surface area (Å²) in [5, 5.41) is 6.36. The molecular formula is C19H25N3O3S. The molecule has 0 aliphatic rings. The third-order valence-electron chi connectivity index (χ3n) is 3.72. The molecular weight excluding hydrogens is 350 g/mol. The molecule has 2 aromatic carbocycles. The summed E-state index contributed by atoms with van der Waals surface area (Å²) in [7, 11) is -1.47. The van der Waals surface area contributed by atoms with Crippen LogP contribution in [0.1, 0.15) is 11.1 Å². The number of nitrogens with one attached hydrogen (secondary N) is 2. The Labute approximate surface area is 155 Å². The first-order valence-corrected chi connectivity index (χ1v) is 10.2. The molecule has 0 spiro atoms. The molecule has 0 bridgehead atoms. The van der Waals surface area contributed by atoms with E-state index < -0.39 is 9.84 Å². The Balaban J connectivity index is 1.74. The van der Waals surface area contributed by atoms with Crippen LogP contribution < -0.4 is 15.4 Å². The third kappa shape index (κ3) is 6.40. The number of sulfone groups is 1. The highest BCUT2D eigenvalue weighted by Crippen LogP contribution is 2.11. The summed E-state index contributed by atoms with van der Waals surface area (Å²) in [6, 6.07) is 14.7. The average Bonchev–Trinajstić information content (AvgIpc) is 2.62. The van der Waals surface area contributed by atoms with Crippen LogP contribution in [0.3, 0.4) is 0 Å². The minimum atomic E-state index is -3.17. The van der Waals surface area contributed by atoms with Crippen molar-refractivity contribution >= 4 is 15.8 Å². The van der Waals surface area contributed by atoms with Crippen molar-refractivity contribution in [3.8, 4) is 5.75 Å². The van der Waals surface area contributed by atoms with Crippen molar-refractivity contribution in [1.29, 1.82) is 0 Å². The molecule has 2 aromatic rings. The molecule has 0 unspecified atom stereocenters. The van der Waals surface area contributed by atoms with Gasteiger partial charge in [0.25, 0.3) is 0 Å². The molecule has 0 aliphatic carbocycles. The number of aliphatic imine (C=N–C) groups is 1. The Kier molecular flexibility index (Phi) is 7.03. The lowest BCUT2D eigenvalue weighted by molar-refractivity contribution is 0.322. The summed E-state index contributed by atoms with van der Waals surface area (Å²) in [6.45, 7) is 3.71. The molecule has 0 aliphatic heterocycles. The Morgan fingerprint density at radius 1 is 1.04 bits per heavy atom. The van der Waals surface area contributed by atoms with Crippen LogP contribution >= 0.6 is 0 Å². The second-order valence-corrected chi connectivity index (χ2v) is 7.95. The molecule has 6 nitrogen and oxygen atoms in total. The van der Waals surface area contributed by atoms with Gasteiger partial charge in [0.05, 0.1) is 11.4 Å². The number of ether oxygens (including phenoxy) is 1. The van der Waals surface area contributed by atoms with Crippen LogP contribution in [0, 0.1) is 6.92 Å². The van der Waals surface area contributed by atoms with Gasteiger partial charge in [0.15, 0.2) is 15.8 Å². The molecule has 26 heavy (non-hydrogen) atoms. The van der Waals surface area contributed by atoms with Crippen molar-refractivity contribution in [3.05, 3.63) is 59.7 Å². The van der Waals surface area contributed by atoms with E-state index in [1.807, 2.05) is 31.2 Å². The van der Waals surface area contributed by atoms with Crippen molar-refractivity contribution in [3.63, 3.8) is 0 Å². The van der Waals surface area contributed by atoms with Crippen LogP contribution in [0.2, 0.25) is 0 Å². The number of rotatable bonds is 7. The second kappa shape index (κ2) is 9.24. The van der Waals surface area contributed by atoms with E-state index in [9.17, 15) is 8.42 Å². The summed E-state index contributed by atoms with van der Waals surface area (Å²) in [4.78, 5) is 4.48. The molecule has 0 aromatic heterocycles. The van der Waals surface area contributed by atoms with Crippen LogP contribution in [-0.2, 0) is 16.4 Å². The minimum absolute atomic E-state index is 0.317. The van der Waals surface area contributed by atoms with E-state index >= 15 is 0 Å². The normalized spacial score (nSPS) is 11.9. The van der Waals surface area contributed by atoms with Crippen molar-refractivity contribution < 1.29 is 13.2 Å². The molecule has 0 fully saturated rings. The van der Waals surface area contributed by atoms with E-state index in [-0.39, 0.29) is 0 Å². The second-order valence-electron chi connectivity index (χ2n) is 5.93. The van der Waals surface area contributed by atoms with Gasteiger partial charge in [-0.3, -0.25) is 4.99 Å². The van der Waals surface area contributed by atoms with Crippen molar-refractivity contribution in [1.82, 2.24) is 10.6 Å². The van der Waals surface area contributed by atoms with Crippen molar-refractivity contribution in [2.24, 2.45) is 4.99 Å². The molecule has 0 radical (unpaired) electrons. The molecule has 0 atom stereocenters. The number of hydrogen-bond acceptors (Lipinski definition) is 4. The van der Waals surface area contributed by atoms with Gasteiger partial charge in [-0.25, -0.2) is 8.42 Å². The molecule has 2 N–H and O–H groups in total. The molecule has 0 saturated carbocycles. The Bertz CT molecular complexity index is 829. The molecule has 140 valence electrons. The zero-order valence-electron chi connectivity index (χ0n) is 15.3. The fraction of sp³-hybridized carbons (Fsp3) is 0.316. The van der Waals surface area contributed by atoms with Gasteiger partial charge >= 0.3 is 0 Å². The van der Waals surface area contributed by atoms with Crippen molar-refractivity contribution in [2.45, 2.75) is 18.4 Å². The maximum Gasteiger partial charge on any atom is 0.191 e. The van der Waals surface area contributed by atoms with Gasteiger partial charge < -0.3 is 15.4 Å². The number of nitrogens with zero attached hydrogens (tertiary/aromatic N) is 1. The Morgan fingerprint density at radius 3 is 2.27 bits per heavy atom. The monoisotopic (exact) mass is 375 g/mol. The zero-order chi connectivity index (χ0) is 19.0. The smallest absolute Gasteiger partial charge is 0.191 e. The molecule has 0 amide bonds. The van der Waals surface area contributed by atoms with E-state index in [1.54, 1.807) is 31.3 Å². The zero-order valence-corrected chi connectivity index (χ0v) is 16.1. The highest BCUT2D eigenvalue weighted by Gasteiger charge is 2.06. The predicted molar refractivity (Wildman–Crippen MR) is 104 cm³/mol. The van der Waals surface area contributed by atoms with Crippen molar-refractivity contribution in [2.75, 3.05) is 26.5 Å². The van der Waals surface area contributed by atoms with Crippen LogP contribution in [0.25, 0.3) is 0 Å². The summed E-state index contributed by atoms with van der Waals surface area (Å²) >= 11 is 0. The lowest BCUT2D eigenvalue weighted by atomic mass is 10.2. The fourth-order valence-electron chi connectivity index (χ4n) is 2.23. The average molecular weight is 375 g/mol. The van der Waals surface area contributed by atoms with E-state index in [2.05, 4.69) is 15.6 Å². The first-order valence-electron chi connectivity index (χ1n) is 8.31. The fourth-order valence-corrected chi connectivity index (χ4v) is 2.86. The van der Waals surface area contributed by atoms with E-state index in [1.165, 1.54) is 11.8 Å². The van der Waals surface area contributed by atoms with Gasteiger partial charge in [-0.05, 0) is 36.8 Å². The summed E-state index contributed by atoms with van der Waals surface area (Å²) in [6.07, 6.45) is 1.20. The number of aryl methyl sites for hydroxylation is 1. The first kappa shape index (κ1) is 19.8. The topological polar surface area (TPSA) is 79.8 Å². The molecule has 0 saturated heterocycles. The molecule has 0 heterocycles. The predicted octanol–water partition coefficient (Wildman–Crippen LogP) is 2.14. The van der Waals surface area contributed by atoms with Gasteiger partial charge in [-0.1, -0.05) is 29.8 Å². The highest BCUT2D eigenvalue weighted by atomic mass is 32.2. The Morgan fingerprint density at radius 2 is 1.69 bits per heavy atom. The SMILES string of the molecule is CN=C(NCCOc1ccc(C)cc1)NCc1ccc(S(C)(=O)=O)cc1. The summed E-state index contributed by atoms with van der Waals surface area (Å²) < 4.78 is 28.6. The summed E-state index contributed by atoms with van der Waals surface area (Å²) in [5.74, 6) is 1.50. The van der Waals surface area contributed by atoms with Crippen LogP contribution in [0.5, 0.6) is 5.75 Å². The standard InChI is InChI=1S/C19H25N3O3S/c1-15-4-8-17(9-5-15)25-13-12-21-19(20-2)22-14-16-6-10-18(11-7-16)26(3,23)24/h4-11H,12-14H2,1-3H3,(H2,20,21,22). The van der Waals surface area contributed by atoms with Gasteiger partial charge in [0, 0.05) is 19.8 Å². The lowest BCUT2D eigenvalue weighted by Gasteiger charge is -2.13. The highest BCUT2D eigenvalue weighted by molar-refractivity contribution is 7.90. The summed E-state index contributed by atoms with van der Waals surface area (Å²) in [5.41, 5.74) is 2.17. The number of hydrogen-bond donors (Lipinski definition) is 2. The number of benzene rings is 2. The van der Waals surface area contributed by atoms with E-state index in [4.69, 9.17) is 4.74 Å². The van der Waals surface area contributed by atoms with Gasteiger partial charge in [0.1, 0.15) is 12.4 Å². The largest absolute Gasteiger partial charge is 0.492 e. The van der Waals surface area contributed by atoms with E-state index in [0.29, 0.717) is 30.6 Å². The van der Waals surface area contributed by atoms with Gasteiger partial charge in [0.2, 0.25) is 0 Å². The number of guanidine groups is 1. The van der Waals surface area contributed by atoms with Gasteiger partial charge in [-0.15, -0.1) is 0 Å². The third-order valence-corrected chi connectivity index (χ3v) is 4.85.